The molecule has 1 aliphatic carbocycles. The van der Waals surface area contributed by atoms with Crippen molar-refractivity contribution in [1.82, 2.24) is 0 Å². The Bertz CT molecular complexity index is 676. The van der Waals surface area contributed by atoms with E-state index in [0.717, 1.165) is 36.5 Å². The van der Waals surface area contributed by atoms with E-state index in [-0.39, 0.29) is 17.7 Å². The third-order valence-electron chi connectivity index (χ3n) is 4.42. The van der Waals surface area contributed by atoms with Crippen LogP contribution in [-0.2, 0) is 4.79 Å². The fourth-order valence-electron chi connectivity index (χ4n) is 3.34. The van der Waals surface area contributed by atoms with Crippen molar-refractivity contribution in [1.29, 1.82) is 0 Å². The minimum atomic E-state index is -0.594. The van der Waals surface area contributed by atoms with Crippen molar-refractivity contribution in [2.75, 3.05) is 0 Å². The van der Waals surface area contributed by atoms with E-state index < -0.39 is 11.6 Å². The SMILES string of the molecule is NC(=O)C1CCCC1c1ccc(-c2cc(F)cc(F)c2)cc1. The molecule has 0 spiro atoms. The Labute approximate surface area is 128 Å². The van der Waals surface area contributed by atoms with Gasteiger partial charge in [0.05, 0.1) is 0 Å². The smallest absolute Gasteiger partial charge is 0.221 e. The van der Waals surface area contributed by atoms with E-state index in [4.69, 9.17) is 5.73 Å². The zero-order valence-corrected chi connectivity index (χ0v) is 12.1. The number of carbonyl (C=O) groups is 1. The molecule has 114 valence electrons. The van der Waals surface area contributed by atoms with Crippen LogP contribution in [0.25, 0.3) is 11.1 Å². The molecule has 1 aliphatic rings. The van der Waals surface area contributed by atoms with Crippen LogP contribution in [0.5, 0.6) is 0 Å². The van der Waals surface area contributed by atoms with Crippen LogP contribution in [0.3, 0.4) is 0 Å². The highest BCUT2D eigenvalue weighted by molar-refractivity contribution is 5.78. The lowest BCUT2D eigenvalue weighted by Gasteiger charge is -2.17. The first-order chi connectivity index (χ1) is 10.5. The molecule has 0 radical (unpaired) electrons. The van der Waals surface area contributed by atoms with E-state index in [1.807, 2.05) is 24.3 Å². The van der Waals surface area contributed by atoms with E-state index >= 15 is 0 Å². The second kappa shape index (κ2) is 5.87. The number of halogens is 2. The molecule has 2 aromatic carbocycles. The van der Waals surface area contributed by atoms with Gasteiger partial charge in [0.15, 0.2) is 0 Å². The van der Waals surface area contributed by atoms with Gasteiger partial charge in [-0.2, -0.15) is 0 Å². The molecule has 2 N–H and O–H groups in total. The van der Waals surface area contributed by atoms with Gasteiger partial charge in [-0.05, 0) is 47.6 Å². The van der Waals surface area contributed by atoms with E-state index in [1.165, 1.54) is 12.1 Å². The van der Waals surface area contributed by atoms with Gasteiger partial charge in [0.25, 0.3) is 0 Å². The monoisotopic (exact) mass is 301 g/mol. The Morgan fingerprint density at radius 2 is 1.59 bits per heavy atom. The summed E-state index contributed by atoms with van der Waals surface area (Å²) in [5.41, 5.74) is 7.76. The van der Waals surface area contributed by atoms with Crippen LogP contribution in [0.4, 0.5) is 8.78 Å². The minimum absolute atomic E-state index is 0.113. The van der Waals surface area contributed by atoms with Crippen LogP contribution in [0.1, 0.15) is 30.7 Å². The number of nitrogens with two attached hydrogens (primary N) is 1. The summed E-state index contributed by atoms with van der Waals surface area (Å²) < 4.78 is 26.6. The van der Waals surface area contributed by atoms with Crippen molar-refractivity contribution in [3.63, 3.8) is 0 Å². The van der Waals surface area contributed by atoms with Crippen LogP contribution >= 0.6 is 0 Å². The molecule has 0 bridgehead atoms. The summed E-state index contributed by atoms with van der Waals surface area (Å²) in [6, 6.07) is 11.0. The number of carbonyl (C=O) groups excluding carboxylic acids is 1. The number of primary amides is 1. The van der Waals surface area contributed by atoms with Crippen LogP contribution < -0.4 is 5.73 Å². The predicted octanol–water partition coefficient (Wildman–Crippen LogP) is 4.00. The Kier molecular flexibility index (Phi) is 3.92. The third kappa shape index (κ3) is 2.86. The van der Waals surface area contributed by atoms with Crippen molar-refractivity contribution in [3.8, 4) is 11.1 Å². The molecule has 4 heteroatoms. The molecule has 3 rings (SSSR count). The maximum atomic E-state index is 13.3. The summed E-state index contributed by atoms with van der Waals surface area (Å²) in [5.74, 6) is -1.40. The molecule has 1 fully saturated rings. The van der Waals surface area contributed by atoms with Gasteiger partial charge in [0, 0.05) is 12.0 Å². The average molecular weight is 301 g/mol. The first-order valence-electron chi connectivity index (χ1n) is 7.40. The maximum Gasteiger partial charge on any atom is 0.221 e. The van der Waals surface area contributed by atoms with E-state index in [0.29, 0.717) is 5.56 Å². The highest BCUT2D eigenvalue weighted by Crippen LogP contribution is 2.39. The molecule has 22 heavy (non-hydrogen) atoms. The van der Waals surface area contributed by atoms with Gasteiger partial charge < -0.3 is 5.73 Å². The summed E-state index contributed by atoms with van der Waals surface area (Å²) in [4.78, 5) is 11.5. The Morgan fingerprint density at radius 3 is 2.18 bits per heavy atom. The van der Waals surface area contributed by atoms with Gasteiger partial charge >= 0.3 is 0 Å². The average Bonchev–Trinajstić information content (AvgIpc) is 2.96. The molecule has 2 unspecified atom stereocenters. The lowest BCUT2D eigenvalue weighted by Crippen LogP contribution is -2.25. The van der Waals surface area contributed by atoms with Crippen molar-refractivity contribution < 1.29 is 13.6 Å². The van der Waals surface area contributed by atoms with Gasteiger partial charge in [-0.15, -0.1) is 0 Å². The molecule has 0 saturated heterocycles. The van der Waals surface area contributed by atoms with Crippen LogP contribution in [0.15, 0.2) is 42.5 Å². The number of amides is 1. The first-order valence-corrected chi connectivity index (χ1v) is 7.40. The van der Waals surface area contributed by atoms with Gasteiger partial charge in [0.2, 0.25) is 5.91 Å². The fourth-order valence-corrected chi connectivity index (χ4v) is 3.34. The molecule has 2 atom stereocenters. The van der Waals surface area contributed by atoms with E-state index in [2.05, 4.69) is 0 Å². The number of benzene rings is 2. The van der Waals surface area contributed by atoms with Crippen molar-refractivity contribution >= 4 is 5.91 Å². The van der Waals surface area contributed by atoms with Crippen molar-refractivity contribution in [2.24, 2.45) is 11.7 Å². The highest BCUT2D eigenvalue weighted by atomic mass is 19.1. The molecule has 2 aromatic rings. The topological polar surface area (TPSA) is 43.1 Å². The standard InChI is InChI=1S/C18H17F2NO/c19-14-8-13(9-15(20)10-14)11-4-6-12(7-5-11)16-2-1-3-17(16)18(21)22/h4-10,16-17H,1-3H2,(H2,21,22). The van der Waals surface area contributed by atoms with Crippen LogP contribution in [0.2, 0.25) is 0 Å². The summed E-state index contributed by atoms with van der Waals surface area (Å²) in [6.45, 7) is 0. The summed E-state index contributed by atoms with van der Waals surface area (Å²) in [7, 11) is 0. The van der Waals surface area contributed by atoms with E-state index in [1.54, 1.807) is 0 Å². The molecule has 0 heterocycles. The lowest BCUT2D eigenvalue weighted by molar-refractivity contribution is -0.122. The Balaban J connectivity index is 1.88. The fraction of sp³-hybridized carbons (Fsp3) is 0.278. The van der Waals surface area contributed by atoms with E-state index in [9.17, 15) is 13.6 Å². The minimum Gasteiger partial charge on any atom is -0.369 e. The molecule has 0 aliphatic heterocycles. The number of hydrogen-bond acceptors (Lipinski definition) is 1. The molecule has 0 aromatic heterocycles. The molecule has 1 saturated carbocycles. The van der Waals surface area contributed by atoms with Crippen molar-refractivity contribution in [2.45, 2.75) is 25.2 Å². The lowest BCUT2D eigenvalue weighted by atomic mass is 9.87. The number of rotatable bonds is 3. The molecular weight excluding hydrogens is 284 g/mol. The Hall–Kier alpha value is -2.23. The van der Waals surface area contributed by atoms with Gasteiger partial charge in [-0.1, -0.05) is 30.7 Å². The normalized spacial score (nSPS) is 21.0. The third-order valence-corrected chi connectivity index (χ3v) is 4.42. The predicted molar refractivity (Wildman–Crippen MR) is 81.1 cm³/mol. The number of hydrogen-bond donors (Lipinski definition) is 1. The zero-order valence-electron chi connectivity index (χ0n) is 12.1. The van der Waals surface area contributed by atoms with Gasteiger partial charge in [-0.25, -0.2) is 8.78 Å². The van der Waals surface area contributed by atoms with Gasteiger partial charge in [-0.3, -0.25) is 4.79 Å². The maximum absolute atomic E-state index is 13.3. The van der Waals surface area contributed by atoms with Crippen LogP contribution in [0, 0.1) is 17.6 Å². The first kappa shape index (κ1) is 14.7. The quantitative estimate of drug-likeness (QED) is 0.915. The highest BCUT2D eigenvalue weighted by Gasteiger charge is 2.32. The zero-order chi connectivity index (χ0) is 15.7. The van der Waals surface area contributed by atoms with Crippen molar-refractivity contribution in [3.05, 3.63) is 59.7 Å². The summed E-state index contributed by atoms with van der Waals surface area (Å²) in [6.07, 6.45) is 2.77. The second-order valence-corrected chi connectivity index (χ2v) is 5.83. The van der Waals surface area contributed by atoms with Gasteiger partial charge in [0.1, 0.15) is 11.6 Å². The summed E-state index contributed by atoms with van der Waals surface area (Å²) in [5, 5.41) is 0. The largest absolute Gasteiger partial charge is 0.369 e. The molecule has 1 amide bonds. The molecular formula is C18H17F2NO. The second-order valence-electron chi connectivity index (χ2n) is 5.83. The molecule has 2 nitrogen and oxygen atoms in total. The van der Waals surface area contributed by atoms with Crippen LogP contribution in [-0.4, -0.2) is 5.91 Å². The summed E-state index contributed by atoms with van der Waals surface area (Å²) >= 11 is 0. The Morgan fingerprint density at radius 1 is 0.955 bits per heavy atom.